The Morgan fingerprint density at radius 2 is 1.87 bits per heavy atom. The summed E-state index contributed by atoms with van der Waals surface area (Å²) in [6.07, 6.45) is 1.10. The van der Waals surface area contributed by atoms with Gasteiger partial charge < -0.3 is 10.1 Å². The minimum Gasteiger partial charge on any atom is -0.379 e. The number of aryl methyl sites for hydroxylation is 1. The molecule has 0 atom stereocenters. The van der Waals surface area contributed by atoms with E-state index in [4.69, 9.17) is 4.74 Å². The monoisotopic (exact) mass is 509 g/mol. The van der Waals surface area contributed by atoms with Crippen molar-refractivity contribution < 1.29 is 17.9 Å². The predicted molar refractivity (Wildman–Crippen MR) is 125 cm³/mol. The van der Waals surface area contributed by atoms with Crippen molar-refractivity contribution in [3.63, 3.8) is 0 Å². The SMILES string of the molecule is Cc1cc(N(CC(=O)NCc2cccc(CN3CCOCC3)c2)S(C)(=O)=O)ccc1Br. The molecule has 9 heteroatoms. The molecular formula is C22H28BrN3O4S. The quantitative estimate of drug-likeness (QED) is 0.591. The molecule has 1 aliphatic rings. The van der Waals surface area contributed by atoms with Gasteiger partial charge in [0.15, 0.2) is 0 Å². The summed E-state index contributed by atoms with van der Waals surface area (Å²) in [7, 11) is -3.61. The Balaban J connectivity index is 1.61. The Hall–Kier alpha value is -1.94. The highest BCUT2D eigenvalue weighted by atomic mass is 79.9. The number of carbonyl (C=O) groups excluding carboxylic acids is 1. The van der Waals surface area contributed by atoms with E-state index in [2.05, 4.69) is 38.3 Å². The van der Waals surface area contributed by atoms with Crippen molar-refractivity contribution in [1.82, 2.24) is 10.2 Å². The van der Waals surface area contributed by atoms with E-state index >= 15 is 0 Å². The first-order chi connectivity index (χ1) is 14.7. The average Bonchev–Trinajstić information content (AvgIpc) is 2.73. The van der Waals surface area contributed by atoms with Crippen molar-refractivity contribution in [2.75, 3.05) is 43.4 Å². The molecule has 2 aromatic rings. The molecule has 0 radical (unpaired) electrons. The second-order valence-electron chi connectivity index (χ2n) is 7.69. The van der Waals surface area contributed by atoms with Crippen LogP contribution in [0.3, 0.4) is 0 Å². The normalized spacial score (nSPS) is 14.9. The number of hydrogen-bond acceptors (Lipinski definition) is 5. The van der Waals surface area contributed by atoms with Gasteiger partial charge in [-0.2, -0.15) is 0 Å². The zero-order chi connectivity index (χ0) is 22.4. The Morgan fingerprint density at radius 3 is 2.55 bits per heavy atom. The van der Waals surface area contributed by atoms with Gasteiger partial charge in [0, 0.05) is 30.7 Å². The van der Waals surface area contributed by atoms with E-state index in [-0.39, 0.29) is 12.5 Å². The highest BCUT2D eigenvalue weighted by Gasteiger charge is 2.21. The second kappa shape index (κ2) is 10.6. The van der Waals surface area contributed by atoms with Gasteiger partial charge in [0.1, 0.15) is 6.54 Å². The molecule has 0 aliphatic carbocycles. The fourth-order valence-electron chi connectivity index (χ4n) is 3.43. The molecular weight excluding hydrogens is 482 g/mol. The summed E-state index contributed by atoms with van der Waals surface area (Å²) in [4.78, 5) is 14.9. The lowest BCUT2D eigenvalue weighted by molar-refractivity contribution is -0.119. The van der Waals surface area contributed by atoms with Crippen molar-refractivity contribution in [3.8, 4) is 0 Å². The van der Waals surface area contributed by atoms with Gasteiger partial charge in [0.2, 0.25) is 15.9 Å². The molecule has 168 valence electrons. The third-order valence-corrected chi connectivity index (χ3v) is 7.14. The number of amides is 1. The van der Waals surface area contributed by atoms with Crippen LogP contribution in [0, 0.1) is 6.92 Å². The Bertz CT molecular complexity index is 1020. The van der Waals surface area contributed by atoms with Gasteiger partial charge in [0.25, 0.3) is 0 Å². The third kappa shape index (κ3) is 7.03. The molecule has 1 saturated heterocycles. The summed E-state index contributed by atoms with van der Waals surface area (Å²) < 4.78 is 32.0. The van der Waals surface area contributed by atoms with Crippen molar-refractivity contribution in [3.05, 3.63) is 63.6 Å². The minimum atomic E-state index is -3.61. The molecule has 1 N–H and O–H groups in total. The van der Waals surface area contributed by atoms with Crippen molar-refractivity contribution in [2.45, 2.75) is 20.0 Å². The van der Waals surface area contributed by atoms with E-state index in [1.807, 2.05) is 19.1 Å². The number of hydrogen-bond donors (Lipinski definition) is 1. The molecule has 1 heterocycles. The summed E-state index contributed by atoms with van der Waals surface area (Å²) in [5, 5.41) is 2.84. The van der Waals surface area contributed by atoms with Gasteiger partial charge in [-0.15, -0.1) is 0 Å². The molecule has 3 rings (SSSR count). The standard InChI is InChI=1S/C22H28BrN3O4S/c1-17-12-20(6-7-21(17)23)26(31(2,28)29)16-22(27)24-14-18-4-3-5-19(13-18)15-25-8-10-30-11-9-25/h3-7,12-13H,8-11,14-16H2,1-2H3,(H,24,27). The van der Waals surface area contributed by atoms with Gasteiger partial charge in [-0.1, -0.05) is 40.2 Å². The van der Waals surface area contributed by atoms with E-state index in [0.29, 0.717) is 12.2 Å². The van der Waals surface area contributed by atoms with Crippen LogP contribution in [0.25, 0.3) is 0 Å². The van der Waals surface area contributed by atoms with Crippen LogP contribution in [0.2, 0.25) is 0 Å². The zero-order valence-electron chi connectivity index (χ0n) is 17.8. The number of anilines is 1. The van der Waals surface area contributed by atoms with Gasteiger partial charge in [-0.25, -0.2) is 8.42 Å². The number of rotatable bonds is 8. The lowest BCUT2D eigenvalue weighted by Crippen LogP contribution is -2.40. The molecule has 0 spiro atoms. The van der Waals surface area contributed by atoms with Crippen LogP contribution in [0.4, 0.5) is 5.69 Å². The Morgan fingerprint density at radius 1 is 1.16 bits per heavy atom. The van der Waals surface area contributed by atoms with Gasteiger partial charge in [-0.05, 0) is 41.8 Å². The van der Waals surface area contributed by atoms with Crippen molar-refractivity contribution in [2.24, 2.45) is 0 Å². The van der Waals surface area contributed by atoms with Gasteiger partial charge >= 0.3 is 0 Å². The highest BCUT2D eigenvalue weighted by Crippen LogP contribution is 2.24. The van der Waals surface area contributed by atoms with Crippen LogP contribution in [0.15, 0.2) is 46.9 Å². The number of carbonyl (C=O) groups is 1. The summed E-state index contributed by atoms with van der Waals surface area (Å²) in [6, 6.07) is 13.3. The maximum Gasteiger partial charge on any atom is 0.241 e. The zero-order valence-corrected chi connectivity index (χ0v) is 20.2. The molecule has 2 aromatic carbocycles. The summed E-state index contributed by atoms with van der Waals surface area (Å²) in [6.45, 7) is 6.12. The topological polar surface area (TPSA) is 79.0 Å². The predicted octanol–water partition coefficient (Wildman–Crippen LogP) is 2.67. The third-order valence-electron chi connectivity index (χ3n) is 5.11. The largest absolute Gasteiger partial charge is 0.379 e. The molecule has 0 aromatic heterocycles. The Labute approximate surface area is 192 Å². The first kappa shape index (κ1) is 23.7. The number of halogens is 1. The molecule has 0 saturated carbocycles. The van der Waals surface area contributed by atoms with E-state index in [0.717, 1.165) is 59.0 Å². The van der Waals surface area contributed by atoms with E-state index in [9.17, 15) is 13.2 Å². The van der Waals surface area contributed by atoms with Crippen LogP contribution < -0.4 is 9.62 Å². The van der Waals surface area contributed by atoms with Crippen LogP contribution in [0.5, 0.6) is 0 Å². The van der Waals surface area contributed by atoms with Gasteiger partial charge in [0.05, 0.1) is 25.2 Å². The molecule has 7 nitrogen and oxygen atoms in total. The van der Waals surface area contributed by atoms with Crippen LogP contribution in [-0.2, 0) is 32.6 Å². The molecule has 0 unspecified atom stereocenters. The lowest BCUT2D eigenvalue weighted by atomic mass is 10.1. The lowest BCUT2D eigenvalue weighted by Gasteiger charge is -2.26. The van der Waals surface area contributed by atoms with Crippen LogP contribution >= 0.6 is 15.9 Å². The number of morpholine rings is 1. The number of sulfonamides is 1. The highest BCUT2D eigenvalue weighted by molar-refractivity contribution is 9.10. The molecule has 1 aliphatic heterocycles. The molecule has 0 bridgehead atoms. The maximum atomic E-state index is 12.6. The van der Waals surface area contributed by atoms with E-state index in [1.165, 1.54) is 5.56 Å². The summed E-state index contributed by atoms with van der Waals surface area (Å²) in [5.41, 5.74) is 3.51. The first-order valence-electron chi connectivity index (χ1n) is 10.1. The second-order valence-corrected chi connectivity index (χ2v) is 10.4. The smallest absolute Gasteiger partial charge is 0.241 e. The summed E-state index contributed by atoms with van der Waals surface area (Å²) in [5.74, 6) is -0.357. The number of ether oxygens (including phenoxy) is 1. The maximum absolute atomic E-state index is 12.6. The molecule has 1 fully saturated rings. The number of nitrogens with one attached hydrogen (secondary N) is 1. The van der Waals surface area contributed by atoms with Gasteiger partial charge in [-0.3, -0.25) is 14.0 Å². The van der Waals surface area contributed by atoms with E-state index in [1.54, 1.807) is 18.2 Å². The van der Waals surface area contributed by atoms with E-state index < -0.39 is 10.0 Å². The first-order valence-corrected chi connectivity index (χ1v) is 12.7. The fourth-order valence-corrected chi connectivity index (χ4v) is 4.52. The van der Waals surface area contributed by atoms with Crippen LogP contribution in [0.1, 0.15) is 16.7 Å². The molecule has 1 amide bonds. The molecule has 31 heavy (non-hydrogen) atoms. The van der Waals surface area contributed by atoms with Crippen molar-refractivity contribution >= 4 is 37.5 Å². The van der Waals surface area contributed by atoms with Crippen LogP contribution in [-0.4, -0.2) is 58.3 Å². The average molecular weight is 510 g/mol. The summed E-state index contributed by atoms with van der Waals surface area (Å²) >= 11 is 3.41. The number of nitrogens with zero attached hydrogens (tertiary/aromatic N) is 2. The van der Waals surface area contributed by atoms with Crippen molar-refractivity contribution in [1.29, 1.82) is 0 Å². The fraction of sp³-hybridized carbons (Fsp3) is 0.409. The minimum absolute atomic E-state index is 0.270. The Kier molecular flexibility index (Phi) is 8.10. The number of benzene rings is 2.